The number of unbranched alkanes of at least 4 members (excludes halogenated alkanes) is 1. The van der Waals surface area contributed by atoms with Crippen molar-refractivity contribution in [2.75, 3.05) is 19.7 Å². The van der Waals surface area contributed by atoms with Gasteiger partial charge in [0.15, 0.2) is 0 Å². The van der Waals surface area contributed by atoms with E-state index in [1.54, 1.807) is 58.9 Å². The lowest BCUT2D eigenvalue weighted by molar-refractivity contribution is -0.144. The van der Waals surface area contributed by atoms with E-state index in [-0.39, 0.29) is 26.1 Å². The van der Waals surface area contributed by atoms with Crippen molar-refractivity contribution in [2.24, 2.45) is 0 Å². The van der Waals surface area contributed by atoms with Gasteiger partial charge >= 0.3 is 12.1 Å². The number of terminal acetylenes is 1. The van der Waals surface area contributed by atoms with E-state index in [4.69, 9.17) is 15.9 Å². The molecule has 2 atom stereocenters. The summed E-state index contributed by atoms with van der Waals surface area (Å²) in [6, 6.07) is 4.84. The molecule has 0 saturated heterocycles. The van der Waals surface area contributed by atoms with Crippen LogP contribution in [0.1, 0.15) is 78.0 Å². The molecular formula is C27H39N3O6. The Kier molecular flexibility index (Phi) is 12.5. The molecule has 198 valence electrons. The first-order chi connectivity index (χ1) is 16.9. The van der Waals surface area contributed by atoms with E-state index in [1.165, 1.54) is 4.90 Å². The van der Waals surface area contributed by atoms with Crippen LogP contribution >= 0.6 is 0 Å². The highest BCUT2D eigenvalue weighted by Gasteiger charge is 2.34. The zero-order valence-electron chi connectivity index (χ0n) is 22.2. The van der Waals surface area contributed by atoms with Gasteiger partial charge in [-0.15, -0.1) is 6.42 Å². The van der Waals surface area contributed by atoms with Gasteiger partial charge in [0, 0.05) is 18.7 Å². The molecule has 3 amide bonds. The maximum atomic E-state index is 13.5. The molecular weight excluding hydrogens is 462 g/mol. The predicted molar refractivity (Wildman–Crippen MR) is 137 cm³/mol. The number of rotatable bonds is 12. The fourth-order valence-corrected chi connectivity index (χ4v) is 3.34. The molecule has 0 aliphatic heterocycles. The molecule has 0 aromatic heterocycles. The first kappa shape index (κ1) is 30.5. The van der Waals surface area contributed by atoms with E-state index in [0.717, 1.165) is 6.42 Å². The fraction of sp³-hybridized carbons (Fsp3) is 0.556. The van der Waals surface area contributed by atoms with Crippen LogP contribution in [-0.4, -0.2) is 60.1 Å². The van der Waals surface area contributed by atoms with Crippen molar-refractivity contribution in [1.82, 2.24) is 15.5 Å². The van der Waals surface area contributed by atoms with Crippen LogP contribution in [0, 0.1) is 12.3 Å². The Hall–Kier alpha value is -3.54. The first-order valence-electron chi connectivity index (χ1n) is 12.2. The quantitative estimate of drug-likeness (QED) is 0.336. The summed E-state index contributed by atoms with van der Waals surface area (Å²) in [4.78, 5) is 52.3. The molecule has 9 heteroatoms. The molecule has 0 spiro atoms. The third kappa shape index (κ3) is 10.4. The summed E-state index contributed by atoms with van der Waals surface area (Å²) in [6.45, 7) is 11.0. The maximum absolute atomic E-state index is 13.5. The van der Waals surface area contributed by atoms with Crippen molar-refractivity contribution in [3.8, 4) is 12.3 Å². The third-order valence-corrected chi connectivity index (χ3v) is 5.03. The number of hydrogen-bond acceptors (Lipinski definition) is 6. The lowest BCUT2D eigenvalue weighted by Gasteiger charge is -2.33. The Morgan fingerprint density at radius 2 is 1.75 bits per heavy atom. The maximum Gasteiger partial charge on any atom is 0.408 e. The van der Waals surface area contributed by atoms with E-state index in [0.29, 0.717) is 17.5 Å². The highest BCUT2D eigenvalue weighted by molar-refractivity contribution is 5.92. The zero-order chi connectivity index (χ0) is 27.3. The van der Waals surface area contributed by atoms with E-state index >= 15 is 0 Å². The number of ether oxygens (including phenoxy) is 2. The minimum atomic E-state index is -0.999. The van der Waals surface area contributed by atoms with Crippen molar-refractivity contribution in [3.05, 3.63) is 35.4 Å². The summed E-state index contributed by atoms with van der Waals surface area (Å²) in [5.41, 5.74) is 0.456. The Morgan fingerprint density at radius 1 is 1.11 bits per heavy atom. The van der Waals surface area contributed by atoms with Crippen molar-refractivity contribution in [2.45, 2.75) is 78.5 Å². The lowest BCUT2D eigenvalue weighted by atomic mass is 10.0. The number of benzene rings is 1. The number of esters is 1. The molecule has 36 heavy (non-hydrogen) atoms. The van der Waals surface area contributed by atoms with Gasteiger partial charge in [0.1, 0.15) is 17.7 Å². The number of carbonyl (C=O) groups excluding carboxylic acids is 4. The normalized spacial score (nSPS) is 12.5. The van der Waals surface area contributed by atoms with Gasteiger partial charge < -0.3 is 25.0 Å². The van der Waals surface area contributed by atoms with Gasteiger partial charge in [0.25, 0.3) is 0 Å². The topological polar surface area (TPSA) is 114 Å². The molecule has 0 radical (unpaired) electrons. The van der Waals surface area contributed by atoms with Gasteiger partial charge in [-0.05, 0) is 58.7 Å². The first-order valence-corrected chi connectivity index (χ1v) is 12.2. The molecule has 2 N–H and O–H groups in total. The number of hydrogen-bond donors (Lipinski definition) is 2. The summed E-state index contributed by atoms with van der Waals surface area (Å²) in [7, 11) is 0. The van der Waals surface area contributed by atoms with E-state index < -0.39 is 41.6 Å². The van der Waals surface area contributed by atoms with Crippen molar-refractivity contribution in [1.29, 1.82) is 0 Å². The Bertz CT molecular complexity index is 930. The molecule has 1 rings (SSSR count). The molecule has 0 bridgehead atoms. The van der Waals surface area contributed by atoms with Gasteiger partial charge in [-0.2, -0.15) is 0 Å². The number of nitrogens with one attached hydrogen (secondary N) is 2. The van der Waals surface area contributed by atoms with Gasteiger partial charge in [0.05, 0.1) is 13.0 Å². The average molecular weight is 502 g/mol. The van der Waals surface area contributed by atoms with Crippen molar-refractivity contribution < 1.29 is 28.7 Å². The Labute approximate surface area is 214 Å². The van der Waals surface area contributed by atoms with Gasteiger partial charge in [-0.1, -0.05) is 31.4 Å². The van der Waals surface area contributed by atoms with Crippen LogP contribution in [0.15, 0.2) is 24.3 Å². The minimum absolute atomic E-state index is 0.00183. The number of nitrogens with zero attached hydrogens (tertiary/aromatic N) is 1. The SMILES string of the molecule is C#Cc1ccc(C(C(=O)NCCC(=O)OCC)N(CCCC)C(=O)C(C)NC(=O)OC(C)(C)C)cc1. The van der Waals surface area contributed by atoms with Gasteiger partial charge in [-0.3, -0.25) is 14.4 Å². The third-order valence-electron chi connectivity index (χ3n) is 5.03. The number of alkyl carbamates (subject to hydrolysis) is 1. The summed E-state index contributed by atoms with van der Waals surface area (Å²) in [6.07, 6.45) is 6.16. The summed E-state index contributed by atoms with van der Waals surface area (Å²) in [5.74, 6) is 1.20. The van der Waals surface area contributed by atoms with Gasteiger partial charge in [0.2, 0.25) is 11.8 Å². The van der Waals surface area contributed by atoms with Crippen LogP contribution in [0.25, 0.3) is 0 Å². The number of amides is 3. The van der Waals surface area contributed by atoms with E-state index in [9.17, 15) is 19.2 Å². The highest BCUT2D eigenvalue weighted by Crippen LogP contribution is 2.24. The van der Waals surface area contributed by atoms with E-state index in [2.05, 4.69) is 16.6 Å². The fourth-order valence-electron chi connectivity index (χ4n) is 3.34. The van der Waals surface area contributed by atoms with Gasteiger partial charge in [-0.25, -0.2) is 4.79 Å². The smallest absolute Gasteiger partial charge is 0.408 e. The number of carbonyl (C=O) groups is 4. The largest absolute Gasteiger partial charge is 0.466 e. The summed E-state index contributed by atoms with van der Waals surface area (Å²) < 4.78 is 10.2. The monoisotopic (exact) mass is 501 g/mol. The minimum Gasteiger partial charge on any atom is -0.466 e. The second-order valence-corrected chi connectivity index (χ2v) is 9.27. The lowest BCUT2D eigenvalue weighted by Crippen LogP contribution is -2.52. The second-order valence-electron chi connectivity index (χ2n) is 9.27. The summed E-state index contributed by atoms with van der Waals surface area (Å²) >= 11 is 0. The van der Waals surface area contributed by atoms with E-state index in [1.807, 2.05) is 6.92 Å². The second kappa shape index (κ2) is 14.8. The molecule has 9 nitrogen and oxygen atoms in total. The van der Waals surface area contributed by atoms with Crippen LogP contribution in [0.2, 0.25) is 0 Å². The highest BCUT2D eigenvalue weighted by atomic mass is 16.6. The summed E-state index contributed by atoms with van der Waals surface area (Å²) in [5, 5.41) is 5.29. The molecule has 0 saturated carbocycles. The Balaban J connectivity index is 3.24. The Morgan fingerprint density at radius 3 is 2.28 bits per heavy atom. The van der Waals surface area contributed by atoms with Crippen LogP contribution in [0.3, 0.4) is 0 Å². The average Bonchev–Trinajstić information content (AvgIpc) is 2.80. The molecule has 0 aliphatic carbocycles. The van der Waals surface area contributed by atoms with Crippen LogP contribution < -0.4 is 10.6 Å². The molecule has 0 aliphatic rings. The molecule has 2 unspecified atom stereocenters. The van der Waals surface area contributed by atoms with Crippen molar-refractivity contribution >= 4 is 23.9 Å². The predicted octanol–water partition coefficient (Wildman–Crippen LogP) is 3.32. The van der Waals surface area contributed by atoms with Crippen molar-refractivity contribution in [3.63, 3.8) is 0 Å². The zero-order valence-corrected chi connectivity index (χ0v) is 22.2. The molecule has 0 heterocycles. The molecule has 1 aromatic carbocycles. The van der Waals surface area contributed by atoms with Crippen LogP contribution in [0.5, 0.6) is 0 Å². The van der Waals surface area contributed by atoms with Crippen LogP contribution in [0.4, 0.5) is 4.79 Å². The van der Waals surface area contributed by atoms with Crippen LogP contribution in [-0.2, 0) is 23.9 Å². The standard InChI is InChI=1S/C27H39N3O6/c1-8-11-18-30(25(33)19(4)29-26(34)36-27(5,6)7)23(21-14-12-20(9-2)13-15-21)24(32)28-17-16-22(31)35-10-3/h2,12-15,19,23H,8,10-11,16-18H2,1,3-7H3,(H,28,32)(H,29,34). The molecule has 0 fully saturated rings. The molecule has 1 aromatic rings.